The summed E-state index contributed by atoms with van der Waals surface area (Å²) in [6, 6.07) is 11.0. The summed E-state index contributed by atoms with van der Waals surface area (Å²) in [6.07, 6.45) is 4.06. The third kappa shape index (κ3) is 2.27. The second-order valence-electron chi connectivity index (χ2n) is 7.91. The van der Waals surface area contributed by atoms with Crippen molar-refractivity contribution in [3.05, 3.63) is 35.9 Å². The summed E-state index contributed by atoms with van der Waals surface area (Å²) >= 11 is 0. The SMILES string of the molecule is c1ccc(CCC[N+]23CCN4CCN5CCN(CC2)C3C54)cc1. The molecular weight excluding hydrogens is 284 g/mol. The molecule has 0 N–H and O–H groups in total. The van der Waals surface area contributed by atoms with Gasteiger partial charge in [-0.05, 0) is 12.0 Å². The van der Waals surface area contributed by atoms with Crippen molar-refractivity contribution < 1.29 is 4.48 Å². The van der Waals surface area contributed by atoms with Gasteiger partial charge in [-0.2, -0.15) is 0 Å². The van der Waals surface area contributed by atoms with Gasteiger partial charge >= 0.3 is 0 Å². The molecule has 0 bridgehead atoms. The van der Waals surface area contributed by atoms with E-state index in [1.54, 1.807) is 0 Å². The van der Waals surface area contributed by atoms with Crippen molar-refractivity contribution in [2.24, 2.45) is 0 Å². The summed E-state index contributed by atoms with van der Waals surface area (Å²) < 4.78 is 1.38. The van der Waals surface area contributed by atoms with Crippen molar-refractivity contribution in [1.82, 2.24) is 14.7 Å². The van der Waals surface area contributed by atoms with Crippen LogP contribution < -0.4 is 0 Å². The number of aryl methyl sites for hydroxylation is 1. The maximum absolute atomic E-state index is 2.82. The van der Waals surface area contributed by atoms with Crippen LogP contribution in [-0.2, 0) is 6.42 Å². The van der Waals surface area contributed by atoms with Crippen LogP contribution in [0.15, 0.2) is 30.3 Å². The minimum atomic E-state index is 0.719. The van der Waals surface area contributed by atoms with Gasteiger partial charge in [-0.1, -0.05) is 30.3 Å². The lowest BCUT2D eigenvalue weighted by molar-refractivity contribution is -0.954. The van der Waals surface area contributed by atoms with Crippen molar-refractivity contribution in [2.75, 3.05) is 58.9 Å². The zero-order valence-corrected chi connectivity index (χ0v) is 14.1. The number of hydrogen-bond donors (Lipinski definition) is 0. The van der Waals surface area contributed by atoms with E-state index >= 15 is 0 Å². The van der Waals surface area contributed by atoms with E-state index in [0.29, 0.717) is 0 Å². The second kappa shape index (κ2) is 5.55. The molecule has 4 heterocycles. The molecule has 3 atom stereocenters. The van der Waals surface area contributed by atoms with Crippen LogP contribution in [0.5, 0.6) is 0 Å². The Morgan fingerprint density at radius 2 is 1.48 bits per heavy atom. The lowest BCUT2D eigenvalue weighted by Gasteiger charge is -2.54. The molecule has 0 spiro atoms. The van der Waals surface area contributed by atoms with Gasteiger partial charge in [0.2, 0.25) is 0 Å². The standard InChI is InChI=1S/C19H29N4/c1-2-5-17(6-3-1)7-4-14-23-15-12-21-9-8-20-10-11-22(13-16-23)19(23)18(20)21/h1-3,5-6,18-19H,4,7-16H2/q+1. The lowest BCUT2D eigenvalue weighted by atomic mass is 10.1. The van der Waals surface area contributed by atoms with Crippen molar-refractivity contribution in [1.29, 1.82) is 0 Å². The van der Waals surface area contributed by atoms with Crippen LogP contribution >= 0.6 is 0 Å². The molecule has 3 unspecified atom stereocenters. The third-order valence-corrected chi connectivity index (χ3v) is 6.88. The van der Waals surface area contributed by atoms with E-state index < -0.39 is 0 Å². The van der Waals surface area contributed by atoms with Crippen molar-refractivity contribution in [2.45, 2.75) is 25.2 Å². The van der Waals surface area contributed by atoms with Gasteiger partial charge in [0.05, 0.1) is 26.2 Å². The number of rotatable bonds is 4. The number of nitrogens with zero attached hydrogens (tertiary/aromatic N) is 4. The van der Waals surface area contributed by atoms with Crippen molar-refractivity contribution in [3.63, 3.8) is 0 Å². The zero-order chi connectivity index (χ0) is 15.3. The summed E-state index contributed by atoms with van der Waals surface area (Å²) in [7, 11) is 0. The first-order valence-electron chi connectivity index (χ1n) is 9.48. The predicted octanol–water partition coefficient (Wildman–Crippen LogP) is 1.05. The highest BCUT2D eigenvalue weighted by atomic mass is 15.6. The zero-order valence-electron chi connectivity index (χ0n) is 14.1. The Labute approximate surface area is 139 Å². The fourth-order valence-corrected chi connectivity index (χ4v) is 5.70. The molecule has 124 valence electrons. The molecule has 4 saturated heterocycles. The van der Waals surface area contributed by atoms with Crippen LogP contribution in [0.1, 0.15) is 12.0 Å². The highest BCUT2D eigenvalue weighted by Crippen LogP contribution is 2.39. The maximum Gasteiger partial charge on any atom is 0.175 e. The maximum atomic E-state index is 2.82. The molecular formula is C19H29N4+. The highest BCUT2D eigenvalue weighted by Gasteiger charge is 2.59. The van der Waals surface area contributed by atoms with Crippen LogP contribution in [0, 0.1) is 0 Å². The van der Waals surface area contributed by atoms with Crippen molar-refractivity contribution >= 4 is 0 Å². The van der Waals surface area contributed by atoms with Gasteiger partial charge in [0.15, 0.2) is 6.17 Å². The van der Waals surface area contributed by atoms with Gasteiger partial charge in [0, 0.05) is 39.1 Å². The molecule has 4 aliphatic rings. The molecule has 0 radical (unpaired) electrons. The van der Waals surface area contributed by atoms with Crippen LogP contribution in [0.4, 0.5) is 0 Å². The van der Waals surface area contributed by atoms with Gasteiger partial charge in [0.1, 0.15) is 6.17 Å². The van der Waals surface area contributed by atoms with Gasteiger partial charge < -0.3 is 4.48 Å². The molecule has 0 saturated carbocycles. The van der Waals surface area contributed by atoms with E-state index in [-0.39, 0.29) is 0 Å². The minimum absolute atomic E-state index is 0.719. The van der Waals surface area contributed by atoms with Gasteiger partial charge in [-0.25, -0.2) is 4.90 Å². The number of quaternary nitrogens is 1. The summed E-state index contributed by atoms with van der Waals surface area (Å²) in [4.78, 5) is 8.37. The molecule has 4 nitrogen and oxygen atoms in total. The van der Waals surface area contributed by atoms with E-state index in [1.807, 2.05) is 0 Å². The number of piperazine rings is 2. The third-order valence-electron chi connectivity index (χ3n) is 6.88. The predicted molar refractivity (Wildman–Crippen MR) is 91.9 cm³/mol. The largest absolute Gasteiger partial charge is 0.304 e. The van der Waals surface area contributed by atoms with Crippen LogP contribution in [0.2, 0.25) is 0 Å². The van der Waals surface area contributed by atoms with Crippen LogP contribution in [0.3, 0.4) is 0 Å². The van der Waals surface area contributed by atoms with Gasteiger partial charge in [0.25, 0.3) is 0 Å². The van der Waals surface area contributed by atoms with E-state index in [1.165, 1.54) is 81.8 Å². The first kappa shape index (κ1) is 14.4. The molecule has 0 aliphatic carbocycles. The topological polar surface area (TPSA) is 9.72 Å². The fourth-order valence-electron chi connectivity index (χ4n) is 5.70. The van der Waals surface area contributed by atoms with Crippen molar-refractivity contribution in [3.8, 4) is 0 Å². The molecule has 4 aliphatic heterocycles. The van der Waals surface area contributed by atoms with E-state index in [4.69, 9.17) is 0 Å². The Balaban J connectivity index is 1.32. The molecule has 5 rings (SSSR count). The van der Waals surface area contributed by atoms with Gasteiger partial charge in [-0.3, -0.25) is 9.80 Å². The molecule has 4 heteroatoms. The highest BCUT2D eigenvalue weighted by molar-refractivity contribution is 5.14. The number of hydrogen-bond acceptors (Lipinski definition) is 3. The molecule has 1 aromatic carbocycles. The molecule has 0 amide bonds. The summed E-state index contributed by atoms with van der Waals surface area (Å²) in [5.41, 5.74) is 1.51. The van der Waals surface area contributed by atoms with Gasteiger partial charge in [-0.15, -0.1) is 0 Å². The monoisotopic (exact) mass is 313 g/mol. The average molecular weight is 313 g/mol. The lowest BCUT2D eigenvalue weighted by Crippen LogP contribution is -2.73. The molecule has 23 heavy (non-hydrogen) atoms. The van der Waals surface area contributed by atoms with E-state index in [9.17, 15) is 0 Å². The molecule has 1 aromatic rings. The Morgan fingerprint density at radius 1 is 0.826 bits per heavy atom. The Kier molecular flexibility index (Phi) is 3.48. The first-order chi connectivity index (χ1) is 11.4. The quantitative estimate of drug-likeness (QED) is 0.770. The summed E-state index contributed by atoms with van der Waals surface area (Å²) in [5.74, 6) is 0. The van der Waals surface area contributed by atoms with Crippen LogP contribution in [0.25, 0.3) is 0 Å². The minimum Gasteiger partial charge on any atom is -0.304 e. The summed E-state index contributed by atoms with van der Waals surface area (Å²) in [5, 5.41) is 0. The normalized spacial score (nSPS) is 37.2. The fraction of sp³-hybridized carbons (Fsp3) is 0.684. The van der Waals surface area contributed by atoms with Crippen LogP contribution in [-0.4, -0.2) is 90.4 Å². The number of benzene rings is 1. The Hall–Kier alpha value is -0.940. The summed E-state index contributed by atoms with van der Waals surface area (Å²) in [6.45, 7) is 12.0. The van der Waals surface area contributed by atoms with E-state index in [0.717, 1.165) is 12.3 Å². The van der Waals surface area contributed by atoms with E-state index in [2.05, 4.69) is 45.0 Å². The smallest absolute Gasteiger partial charge is 0.175 e. The molecule has 0 aromatic heterocycles. The Morgan fingerprint density at radius 3 is 2.26 bits per heavy atom. The second-order valence-corrected chi connectivity index (χ2v) is 7.91. The molecule has 4 fully saturated rings. The first-order valence-corrected chi connectivity index (χ1v) is 9.48. The average Bonchev–Trinajstić information content (AvgIpc) is 3.16. The Bertz CT molecular complexity index is 556.